The van der Waals surface area contributed by atoms with Crippen LogP contribution in [0.25, 0.3) is 11.0 Å². The number of hydrogen-bond donors (Lipinski definition) is 3. The summed E-state index contributed by atoms with van der Waals surface area (Å²) in [4.78, 5) is 16.2. The molecule has 0 aliphatic heterocycles. The van der Waals surface area contributed by atoms with Crippen LogP contribution in [0.1, 0.15) is 5.56 Å². The maximum absolute atomic E-state index is 12.5. The fraction of sp³-hybridized carbons (Fsp3) is 0.188. The third-order valence-electron chi connectivity index (χ3n) is 3.71. The van der Waals surface area contributed by atoms with Crippen molar-refractivity contribution in [2.75, 3.05) is 7.11 Å². The van der Waals surface area contributed by atoms with Crippen molar-refractivity contribution in [2.45, 2.75) is 18.1 Å². The number of rotatable bonds is 7. The summed E-state index contributed by atoms with van der Waals surface area (Å²) in [5, 5.41) is 0. The fourth-order valence-electron chi connectivity index (χ4n) is 2.46. The number of hydrogen-bond acceptors (Lipinski definition) is 5. The number of fused-ring (bicyclic) bond motifs is 1. The lowest BCUT2D eigenvalue weighted by Crippen LogP contribution is -2.23. The topological polar surface area (TPSA) is 113 Å². The van der Waals surface area contributed by atoms with Gasteiger partial charge in [0.1, 0.15) is 0 Å². The zero-order valence-corrected chi connectivity index (χ0v) is 14.8. The Morgan fingerprint density at radius 2 is 1.81 bits per heavy atom. The Kier molecular flexibility index (Phi) is 5.15. The molecule has 11 heteroatoms. The second-order valence-electron chi connectivity index (χ2n) is 5.47. The average molecular weight is 399 g/mol. The van der Waals surface area contributed by atoms with Gasteiger partial charge in [-0.15, -0.1) is 0 Å². The molecule has 2 aromatic carbocycles. The molecule has 1 heterocycles. The van der Waals surface area contributed by atoms with Gasteiger partial charge in [0.2, 0.25) is 10.0 Å². The molecule has 0 bridgehead atoms. The Morgan fingerprint density at radius 1 is 1.07 bits per heavy atom. The van der Waals surface area contributed by atoms with E-state index in [4.69, 9.17) is 4.74 Å². The van der Waals surface area contributed by atoms with E-state index in [0.29, 0.717) is 16.6 Å². The normalized spacial score (nSPS) is 11.9. The maximum Gasteiger partial charge on any atom is 0.387 e. The molecule has 0 saturated carbocycles. The van der Waals surface area contributed by atoms with Gasteiger partial charge in [-0.25, -0.2) is 17.9 Å². The van der Waals surface area contributed by atoms with Crippen molar-refractivity contribution in [1.29, 1.82) is 0 Å². The highest BCUT2D eigenvalue weighted by Gasteiger charge is 2.16. The molecule has 144 valence electrons. The van der Waals surface area contributed by atoms with Crippen LogP contribution in [-0.4, -0.2) is 32.1 Å². The Bertz CT molecular complexity index is 1120. The van der Waals surface area contributed by atoms with Gasteiger partial charge in [0.15, 0.2) is 11.5 Å². The van der Waals surface area contributed by atoms with E-state index in [9.17, 15) is 22.0 Å². The van der Waals surface area contributed by atoms with Gasteiger partial charge in [-0.1, -0.05) is 6.07 Å². The Labute approximate surface area is 152 Å². The van der Waals surface area contributed by atoms with Crippen molar-refractivity contribution in [3.8, 4) is 11.5 Å². The van der Waals surface area contributed by atoms with E-state index >= 15 is 0 Å². The number of halogens is 2. The molecule has 27 heavy (non-hydrogen) atoms. The molecule has 0 spiro atoms. The Balaban J connectivity index is 1.78. The molecule has 0 unspecified atom stereocenters. The Hall–Kier alpha value is -2.92. The third kappa shape index (κ3) is 4.26. The van der Waals surface area contributed by atoms with Gasteiger partial charge in [-0.3, -0.25) is 0 Å². The summed E-state index contributed by atoms with van der Waals surface area (Å²) in [5.41, 5.74) is 0.884. The van der Waals surface area contributed by atoms with Crippen LogP contribution in [0.3, 0.4) is 0 Å². The van der Waals surface area contributed by atoms with Gasteiger partial charge in [0.25, 0.3) is 0 Å². The lowest BCUT2D eigenvalue weighted by atomic mass is 10.2. The van der Waals surface area contributed by atoms with Gasteiger partial charge in [0, 0.05) is 6.54 Å². The minimum absolute atomic E-state index is 0.0325. The summed E-state index contributed by atoms with van der Waals surface area (Å²) in [6, 6.07) is 8.26. The van der Waals surface area contributed by atoms with Gasteiger partial charge in [-0.2, -0.15) is 8.78 Å². The molecule has 3 N–H and O–H groups in total. The maximum atomic E-state index is 12.5. The zero-order chi connectivity index (χ0) is 19.6. The van der Waals surface area contributed by atoms with Crippen molar-refractivity contribution < 1.29 is 26.7 Å². The Morgan fingerprint density at radius 3 is 2.52 bits per heavy atom. The molecule has 0 fully saturated rings. The summed E-state index contributed by atoms with van der Waals surface area (Å²) in [6.45, 7) is -3.10. The lowest BCUT2D eigenvalue weighted by Gasteiger charge is -2.12. The lowest BCUT2D eigenvalue weighted by molar-refractivity contribution is -0.0512. The molecule has 1 aromatic heterocycles. The molecule has 0 radical (unpaired) electrons. The summed E-state index contributed by atoms with van der Waals surface area (Å²) in [6.07, 6.45) is 0. The number of sulfonamides is 1. The predicted molar refractivity (Wildman–Crippen MR) is 92.6 cm³/mol. The van der Waals surface area contributed by atoms with Crippen molar-refractivity contribution in [3.63, 3.8) is 0 Å². The third-order valence-corrected chi connectivity index (χ3v) is 5.11. The first-order valence-corrected chi connectivity index (χ1v) is 9.10. The molecule has 0 saturated heterocycles. The molecular weight excluding hydrogens is 384 g/mol. The van der Waals surface area contributed by atoms with Crippen molar-refractivity contribution >= 4 is 21.1 Å². The molecule has 0 aliphatic rings. The summed E-state index contributed by atoms with van der Waals surface area (Å²) < 4.78 is 61.3. The fourth-order valence-corrected chi connectivity index (χ4v) is 3.50. The van der Waals surface area contributed by atoms with E-state index < -0.39 is 22.3 Å². The van der Waals surface area contributed by atoms with Crippen molar-refractivity contribution in [3.05, 3.63) is 52.4 Å². The minimum atomic E-state index is -3.87. The van der Waals surface area contributed by atoms with E-state index in [-0.39, 0.29) is 22.9 Å². The number of methoxy groups -OCH3 is 1. The van der Waals surface area contributed by atoms with Crippen LogP contribution in [0, 0.1) is 0 Å². The highest BCUT2D eigenvalue weighted by Crippen LogP contribution is 2.29. The van der Waals surface area contributed by atoms with E-state index in [2.05, 4.69) is 19.4 Å². The van der Waals surface area contributed by atoms with Crippen LogP contribution < -0.4 is 19.9 Å². The number of aromatic amines is 2. The minimum Gasteiger partial charge on any atom is -0.493 e. The first kappa shape index (κ1) is 18.9. The van der Waals surface area contributed by atoms with Crippen molar-refractivity contribution in [1.82, 2.24) is 14.7 Å². The number of ether oxygens (including phenoxy) is 2. The van der Waals surface area contributed by atoms with E-state index in [1.807, 2.05) is 0 Å². The molecule has 0 amide bonds. The van der Waals surface area contributed by atoms with Crippen LogP contribution in [0.5, 0.6) is 11.5 Å². The quantitative estimate of drug-likeness (QED) is 0.562. The van der Waals surface area contributed by atoms with E-state index in [1.165, 1.54) is 43.5 Å². The van der Waals surface area contributed by atoms with Crippen LogP contribution >= 0.6 is 0 Å². The molecule has 0 aliphatic carbocycles. The smallest absolute Gasteiger partial charge is 0.387 e. The number of alkyl halides is 2. The highest BCUT2D eigenvalue weighted by atomic mass is 32.2. The van der Waals surface area contributed by atoms with Gasteiger partial charge in [0.05, 0.1) is 23.0 Å². The first-order valence-electron chi connectivity index (χ1n) is 7.62. The molecule has 0 atom stereocenters. The van der Waals surface area contributed by atoms with Gasteiger partial charge < -0.3 is 19.4 Å². The SMILES string of the molecule is COc1cc(CNS(=O)(=O)c2ccc3[nH]c(=O)[nH]c3c2)ccc1OC(F)F. The number of aromatic nitrogens is 2. The predicted octanol–water partition coefficient (Wildman–Crippen LogP) is 1.94. The average Bonchev–Trinajstić information content (AvgIpc) is 2.99. The molecular formula is C16H15F2N3O5S. The second kappa shape index (κ2) is 7.37. The van der Waals surface area contributed by atoms with Gasteiger partial charge in [-0.05, 0) is 35.9 Å². The standard InChI is InChI=1S/C16H15F2N3O5S/c1-25-14-6-9(2-5-13(14)26-15(17)18)8-19-27(23,24)10-3-4-11-12(7-10)21-16(22)20-11/h2-7,15,19H,8H2,1H3,(H2,20,21,22). The highest BCUT2D eigenvalue weighted by molar-refractivity contribution is 7.89. The summed E-state index contributed by atoms with van der Waals surface area (Å²) in [7, 11) is -2.58. The largest absolute Gasteiger partial charge is 0.493 e. The van der Waals surface area contributed by atoms with Crippen LogP contribution in [0.4, 0.5) is 8.78 Å². The monoisotopic (exact) mass is 399 g/mol. The number of imidazole rings is 1. The summed E-state index contributed by atoms with van der Waals surface area (Å²) in [5.74, 6) is -0.0979. The number of benzene rings is 2. The molecule has 3 rings (SSSR count). The zero-order valence-electron chi connectivity index (χ0n) is 14.0. The second-order valence-corrected chi connectivity index (χ2v) is 7.24. The first-order chi connectivity index (χ1) is 12.8. The number of H-pyrrole nitrogens is 2. The number of nitrogens with one attached hydrogen (secondary N) is 3. The van der Waals surface area contributed by atoms with Crippen LogP contribution in [0.2, 0.25) is 0 Å². The van der Waals surface area contributed by atoms with Crippen LogP contribution in [-0.2, 0) is 16.6 Å². The van der Waals surface area contributed by atoms with Gasteiger partial charge >= 0.3 is 12.3 Å². The molecule has 8 nitrogen and oxygen atoms in total. The molecule has 3 aromatic rings. The summed E-state index contributed by atoms with van der Waals surface area (Å²) >= 11 is 0. The van der Waals surface area contributed by atoms with Crippen molar-refractivity contribution in [2.24, 2.45) is 0 Å². The van der Waals surface area contributed by atoms with E-state index in [1.54, 1.807) is 0 Å². The van der Waals surface area contributed by atoms with Crippen LogP contribution in [0.15, 0.2) is 46.1 Å². The van der Waals surface area contributed by atoms with E-state index in [0.717, 1.165) is 0 Å².